The Morgan fingerprint density at radius 2 is 1.52 bits per heavy atom. The average Bonchev–Trinajstić information content (AvgIpc) is 3.58. The summed E-state index contributed by atoms with van der Waals surface area (Å²) in [6.45, 7) is 3.83. The van der Waals surface area contributed by atoms with Gasteiger partial charge >= 0.3 is 0 Å². The summed E-state index contributed by atoms with van der Waals surface area (Å²) in [6.07, 6.45) is 5.91. The third kappa shape index (κ3) is 4.63. The fourth-order valence-electron chi connectivity index (χ4n) is 4.33. The molecule has 1 aromatic rings. The molecular weight excluding hydrogens is 340 g/mol. The minimum Gasteiger partial charge on any atom is -0.493 e. The van der Waals surface area contributed by atoms with Crippen molar-refractivity contribution in [3.05, 3.63) is 30.3 Å². The summed E-state index contributed by atoms with van der Waals surface area (Å²) in [5, 5.41) is 0. The normalized spacial score (nSPS) is 23.9. The number of nitrogens with zero attached hydrogens (tertiary/aromatic N) is 2. The Bertz CT molecular complexity index is 651. The largest absolute Gasteiger partial charge is 0.493 e. The summed E-state index contributed by atoms with van der Waals surface area (Å²) in [5.74, 6) is 2.27. The van der Waals surface area contributed by atoms with Gasteiger partial charge in [0, 0.05) is 43.9 Å². The molecule has 0 aromatic heterocycles. The number of likely N-dealkylation sites (tertiary alicyclic amines) is 2. The van der Waals surface area contributed by atoms with Crippen LogP contribution in [0.15, 0.2) is 30.3 Å². The van der Waals surface area contributed by atoms with Gasteiger partial charge in [0.25, 0.3) is 0 Å². The highest BCUT2D eigenvalue weighted by Crippen LogP contribution is 2.33. The van der Waals surface area contributed by atoms with Crippen molar-refractivity contribution in [1.29, 1.82) is 0 Å². The zero-order valence-electron chi connectivity index (χ0n) is 16.0. The van der Waals surface area contributed by atoms with Gasteiger partial charge in [-0.15, -0.1) is 0 Å². The number of hydrogen-bond donors (Lipinski definition) is 0. The van der Waals surface area contributed by atoms with E-state index in [-0.39, 0.29) is 17.7 Å². The molecule has 4 rings (SSSR count). The molecule has 2 amide bonds. The van der Waals surface area contributed by atoms with Crippen molar-refractivity contribution in [2.45, 2.75) is 38.5 Å². The molecule has 5 heteroatoms. The van der Waals surface area contributed by atoms with Crippen molar-refractivity contribution in [2.75, 3.05) is 32.8 Å². The van der Waals surface area contributed by atoms with Crippen LogP contribution in [0.5, 0.6) is 5.75 Å². The predicted molar refractivity (Wildman–Crippen MR) is 103 cm³/mol. The molecule has 0 unspecified atom stereocenters. The quantitative estimate of drug-likeness (QED) is 0.801. The van der Waals surface area contributed by atoms with E-state index >= 15 is 0 Å². The van der Waals surface area contributed by atoms with Gasteiger partial charge in [0.1, 0.15) is 5.75 Å². The highest BCUT2D eigenvalue weighted by Gasteiger charge is 2.37. The monoisotopic (exact) mass is 370 g/mol. The molecule has 2 heterocycles. The van der Waals surface area contributed by atoms with E-state index in [0.717, 1.165) is 70.5 Å². The SMILES string of the molecule is O=C(C1CC1)N1CCC(C(=O)N2CCC[C@H](COc3ccccc3)C2)CC1. The van der Waals surface area contributed by atoms with Gasteiger partial charge in [-0.05, 0) is 50.7 Å². The molecule has 1 aliphatic carbocycles. The van der Waals surface area contributed by atoms with Crippen LogP contribution >= 0.6 is 0 Å². The maximum Gasteiger partial charge on any atom is 0.225 e. The van der Waals surface area contributed by atoms with Gasteiger partial charge in [0.15, 0.2) is 0 Å². The van der Waals surface area contributed by atoms with Crippen molar-refractivity contribution >= 4 is 11.8 Å². The second kappa shape index (κ2) is 8.32. The molecule has 2 aliphatic heterocycles. The van der Waals surface area contributed by atoms with E-state index in [1.165, 1.54) is 0 Å². The fourth-order valence-corrected chi connectivity index (χ4v) is 4.33. The summed E-state index contributed by atoms with van der Waals surface area (Å²) in [7, 11) is 0. The average molecular weight is 370 g/mol. The smallest absolute Gasteiger partial charge is 0.225 e. The predicted octanol–water partition coefficient (Wildman–Crippen LogP) is 2.95. The number of benzene rings is 1. The van der Waals surface area contributed by atoms with E-state index in [9.17, 15) is 9.59 Å². The molecule has 2 saturated heterocycles. The summed E-state index contributed by atoms with van der Waals surface area (Å²) in [4.78, 5) is 29.2. The lowest BCUT2D eigenvalue weighted by atomic mass is 9.92. The number of hydrogen-bond acceptors (Lipinski definition) is 3. The molecule has 1 aromatic carbocycles. The lowest BCUT2D eigenvalue weighted by Gasteiger charge is -2.37. The molecule has 3 fully saturated rings. The third-order valence-electron chi connectivity index (χ3n) is 6.14. The molecule has 0 radical (unpaired) electrons. The zero-order chi connectivity index (χ0) is 18.6. The van der Waals surface area contributed by atoms with E-state index in [4.69, 9.17) is 4.74 Å². The molecule has 0 bridgehead atoms. The number of carbonyl (C=O) groups excluding carboxylic acids is 2. The van der Waals surface area contributed by atoms with Crippen LogP contribution in [0.4, 0.5) is 0 Å². The van der Waals surface area contributed by atoms with Crippen molar-refractivity contribution in [1.82, 2.24) is 9.80 Å². The maximum atomic E-state index is 13.0. The highest BCUT2D eigenvalue weighted by molar-refractivity contribution is 5.82. The third-order valence-corrected chi connectivity index (χ3v) is 6.14. The molecule has 27 heavy (non-hydrogen) atoms. The Kier molecular flexibility index (Phi) is 5.65. The molecule has 3 aliphatic rings. The van der Waals surface area contributed by atoms with Crippen molar-refractivity contribution in [3.63, 3.8) is 0 Å². The minimum atomic E-state index is 0.0852. The van der Waals surface area contributed by atoms with Crippen molar-refractivity contribution in [3.8, 4) is 5.75 Å². The van der Waals surface area contributed by atoms with Gasteiger partial charge in [-0.1, -0.05) is 18.2 Å². The summed E-state index contributed by atoms with van der Waals surface area (Å²) < 4.78 is 5.91. The first-order valence-corrected chi connectivity index (χ1v) is 10.5. The Morgan fingerprint density at radius 3 is 2.22 bits per heavy atom. The van der Waals surface area contributed by atoms with Gasteiger partial charge in [-0.25, -0.2) is 0 Å². The first-order valence-electron chi connectivity index (χ1n) is 10.5. The minimum absolute atomic E-state index is 0.0852. The summed E-state index contributed by atoms with van der Waals surface area (Å²) in [6, 6.07) is 9.89. The Morgan fingerprint density at radius 1 is 0.852 bits per heavy atom. The van der Waals surface area contributed by atoms with Crippen LogP contribution in [-0.2, 0) is 9.59 Å². The number of ether oxygens (including phenoxy) is 1. The van der Waals surface area contributed by atoms with Gasteiger partial charge in [-0.2, -0.15) is 0 Å². The Hall–Kier alpha value is -2.04. The maximum absolute atomic E-state index is 13.0. The van der Waals surface area contributed by atoms with E-state index in [1.54, 1.807) is 0 Å². The number of para-hydroxylation sites is 1. The standard InChI is InChI=1S/C22H30N2O3/c25-21(18-8-9-18)23-13-10-19(11-14-23)22(26)24-12-4-5-17(15-24)16-27-20-6-2-1-3-7-20/h1-3,6-7,17-19H,4-5,8-16H2/t17-/m0/s1. The molecular formula is C22H30N2O3. The first kappa shape index (κ1) is 18.3. The number of amides is 2. The lowest BCUT2D eigenvalue weighted by Crippen LogP contribution is -2.48. The van der Waals surface area contributed by atoms with Gasteiger partial charge in [-0.3, -0.25) is 9.59 Å². The van der Waals surface area contributed by atoms with Crippen LogP contribution < -0.4 is 4.74 Å². The first-order chi connectivity index (χ1) is 13.2. The molecule has 1 saturated carbocycles. The number of carbonyl (C=O) groups is 2. The number of piperidine rings is 2. The van der Waals surface area contributed by atoms with Crippen molar-refractivity contribution in [2.24, 2.45) is 17.8 Å². The van der Waals surface area contributed by atoms with Crippen molar-refractivity contribution < 1.29 is 14.3 Å². The van der Waals surface area contributed by atoms with Crippen LogP contribution in [0.3, 0.4) is 0 Å². The second-order valence-corrected chi connectivity index (χ2v) is 8.29. The van der Waals surface area contributed by atoms with E-state index in [2.05, 4.69) is 0 Å². The molecule has 0 N–H and O–H groups in total. The van der Waals surface area contributed by atoms with Crippen LogP contribution in [-0.4, -0.2) is 54.4 Å². The highest BCUT2D eigenvalue weighted by atomic mass is 16.5. The van der Waals surface area contributed by atoms with Crippen LogP contribution in [0.1, 0.15) is 38.5 Å². The van der Waals surface area contributed by atoms with E-state index in [1.807, 2.05) is 40.1 Å². The Balaban J connectivity index is 1.24. The molecule has 0 spiro atoms. The summed E-state index contributed by atoms with van der Waals surface area (Å²) in [5.41, 5.74) is 0. The van der Waals surface area contributed by atoms with Crippen LogP contribution in [0.2, 0.25) is 0 Å². The molecule has 146 valence electrons. The van der Waals surface area contributed by atoms with E-state index in [0.29, 0.717) is 18.4 Å². The number of rotatable bonds is 5. The van der Waals surface area contributed by atoms with Crippen LogP contribution in [0.25, 0.3) is 0 Å². The Labute approximate surface area is 161 Å². The molecule has 5 nitrogen and oxygen atoms in total. The summed E-state index contributed by atoms with van der Waals surface area (Å²) >= 11 is 0. The topological polar surface area (TPSA) is 49.9 Å². The zero-order valence-corrected chi connectivity index (χ0v) is 16.0. The van der Waals surface area contributed by atoms with Crippen LogP contribution in [0, 0.1) is 17.8 Å². The van der Waals surface area contributed by atoms with Gasteiger partial charge in [0.2, 0.25) is 11.8 Å². The lowest BCUT2D eigenvalue weighted by molar-refractivity contribution is -0.142. The van der Waals surface area contributed by atoms with Gasteiger partial charge < -0.3 is 14.5 Å². The molecule has 1 atom stereocenters. The van der Waals surface area contributed by atoms with Gasteiger partial charge in [0.05, 0.1) is 6.61 Å². The van der Waals surface area contributed by atoms with E-state index < -0.39 is 0 Å². The fraction of sp³-hybridized carbons (Fsp3) is 0.636. The second-order valence-electron chi connectivity index (χ2n) is 8.29.